The van der Waals surface area contributed by atoms with Gasteiger partial charge < -0.3 is 19.7 Å². The number of hydrogen-bond donors (Lipinski definition) is 1. The zero-order valence-corrected chi connectivity index (χ0v) is 18.8. The maximum absolute atomic E-state index is 5.48. The van der Waals surface area contributed by atoms with Crippen LogP contribution in [0.2, 0.25) is 0 Å². The fraction of sp³-hybridized carbons (Fsp3) is 0.500. The smallest absolute Gasteiger partial charge is 0.320 e. The maximum Gasteiger partial charge on any atom is 0.320 e. The maximum atomic E-state index is 5.48. The lowest BCUT2D eigenvalue weighted by Crippen LogP contribution is -2.36. The first-order valence-electron chi connectivity index (χ1n) is 10.7. The van der Waals surface area contributed by atoms with E-state index in [4.69, 9.17) is 9.47 Å². The molecule has 1 N–H and O–H groups in total. The van der Waals surface area contributed by atoms with Crippen LogP contribution in [-0.2, 0) is 4.74 Å². The van der Waals surface area contributed by atoms with Crippen LogP contribution >= 0.6 is 12.4 Å². The Bertz CT molecular complexity index is 1040. The monoisotopic (exact) mass is 444 g/mol. The van der Waals surface area contributed by atoms with Gasteiger partial charge in [-0.3, -0.25) is 0 Å². The molecule has 31 heavy (non-hydrogen) atoms. The Hall–Kier alpha value is -2.42. The SMILES string of the molecule is COc1nc(N2CCOCC2)cc(-n2ncc3cc(C)c(C4CCNCC4)cc32)n1.Cl. The minimum Gasteiger partial charge on any atom is -0.467 e. The van der Waals surface area contributed by atoms with Crippen LogP contribution in [0.5, 0.6) is 6.01 Å². The van der Waals surface area contributed by atoms with Crippen molar-refractivity contribution in [1.82, 2.24) is 25.1 Å². The van der Waals surface area contributed by atoms with Crippen molar-refractivity contribution in [3.8, 4) is 11.8 Å². The third-order valence-corrected chi connectivity index (χ3v) is 6.15. The molecule has 0 amide bonds. The summed E-state index contributed by atoms with van der Waals surface area (Å²) in [6.07, 6.45) is 4.25. The highest BCUT2D eigenvalue weighted by atomic mass is 35.5. The summed E-state index contributed by atoms with van der Waals surface area (Å²) in [6.45, 7) is 7.37. The van der Waals surface area contributed by atoms with Crippen LogP contribution in [0.4, 0.5) is 5.82 Å². The molecule has 5 rings (SSSR count). The van der Waals surface area contributed by atoms with Crippen molar-refractivity contribution in [3.05, 3.63) is 35.5 Å². The highest BCUT2D eigenvalue weighted by molar-refractivity contribution is 5.85. The van der Waals surface area contributed by atoms with Crippen LogP contribution in [0.25, 0.3) is 16.7 Å². The van der Waals surface area contributed by atoms with Gasteiger partial charge in [-0.15, -0.1) is 12.4 Å². The van der Waals surface area contributed by atoms with Crippen molar-refractivity contribution < 1.29 is 9.47 Å². The standard InChI is InChI=1S/C22H28N6O2.ClH/c1-15-11-17-14-24-28(19(17)12-18(15)16-3-5-23-6-4-16)21-13-20(25-22(26-21)29-2)27-7-9-30-10-8-27;/h11-14,16,23H,3-10H2,1-2H3;1H. The van der Waals surface area contributed by atoms with Gasteiger partial charge in [-0.05, 0) is 62.0 Å². The summed E-state index contributed by atoms with van der Waals surface area (Å²) >= 11 is 0. The van der Waals surface area contributed by atoms with E-state index in [0.717, 1.165) is 48.7 Å². The van der Waals surface area contributed by atoms with Crippen LogP contribution in [0.15, 0.2) is 24.4 Å². The number of halogens is 1. The second-order valence-electron chi connectivity index (χ2n) is 8.02. The first kappa shape index (κ1) is 21.8. The van der Waals surface area contributed by atoms with Crippen LogP contribution in [0.3, 0.4) is 0 Å². The van der Waals surface area contributed by atoms with Crippen LogP contribution in [0, 0.1) is 6.92 Å². The second kappa shape index (κ2) is 9.38. The first-order valence-corrected chi connectivity index (χ1v) is 10.7. The van der Waals surface area contributed by atoms with E-state index in [2.05, 4.69) is 44.3 Å². The predicted molar refractivity (Wildman–Crippen MR) is 123 cm³/mol. The third kappa shape index (κ3) is 4.33. The molecule has 2 aromatic heterocycles. The van der Waals surface area contributed by atoms with Crippen LogP contribution in [-0.4, -0.2) is 66.3 Å². The number of benzene rings is 1. The molecule has 8 nitrogen and oxygen atoms in total. The molecular formula is C22H29ClN6O2. The fourth-order valence-corrected chi connectivity index (χ4v) is 4.51. The van der Waals surface area contributed by atoms with Crippen molar-refractivity contribution in [2.24, 2.45) is 0 Å². The van der Waals surface area contributed by atoms with Gasteiger partial charge in [-0.25, -0.2) is 4.68 Å². The number of nitrogens with one attached hydrogen (secondary N) is 1. The van der Waals surface area contributed by atoms with Gasteiger partial charge in [-0.2, -0.15) is 15.1 Å². The van der Waals surface area contributed by atoms with E-state index in [1.165, 1.54) is 24.0 Å². The van der Waals surface area contributed by atoms with Gasteiger partial charge in [-0.1, -0.05) is 0 Å². The Kier molecular flexibility index (Phi) is 6.60. The van der Waals surface area contributed by atoms with Gasteiger partial charge in [0.15, 0.2) is 5.82 Å². The predicted octanol–water partition coefficient (Wildman–Crippen LogP) is 2.86. The summed E-state index contributed by atoms with van der Waals surface area (Å²) in [5.74, 6) is 2.15. The Labute approximate surface area is 188 Å². The quantitative estimate of drug-likeness (QED) is 0.662. The van der Waals surface area contributed by atoms with Gasteiger partial charge in [0.25, 0.3) is 0 Å². The summed E-state index contributed by atoms with van der Waals surface area (Å²) in [5, 5.41) is 9.25. The zero-order valence-electron chi connectivity index (χ0n) is 18.0. The number of fused-ring (bicyclic) bond motifs is 1. The molecule has 2 aliphatic heterocycles. The molecule has 1 aromatic carbocycles. The summed E-state index contributed by atoms with van der Waals surface area (Å²) in [4.78, 5) is 11.4. The van der Waals surface area contributed by atoms with Crippen molar-refractivity contribution in [2.75, 3.05) is 51.4 Å². The third-order valence-electron chi connectivity index (χ3n) is 6.15. The minimum atomic E-state index is 0. The number of morpholine rings is 1. The van der Waals surface area contributed by atoms with Gasteiger partial charge in [0, 0.05) is 24.5 Å². The molecule has 0 radical (unpaired) electrons. The molecule has 0 saturated carbocycles. The minimum absolute atomic E-state index is 0. The van der Waals surface area contributed by atoms with Gasteiger partial charge in [0.05, 0.1) is 32.0 Å². The summed E-state index contributed by atoms with van der Waals surface area (Å²) in [5.41, 5.74) is 3.83. The fourth-order valence-electron chi connectivity index (χ4n) is 4.51. The van der Waals surface area contributed by atoms with Crippen molar-refractivity contribution >= 4 is 29.1 Å². The van der Waals surface area contributed by atoms with Crippen molar-refractivity contribution in [2.45, 2.75) is 25.7 Å². The number of piperidine rings is 1. The van der Waals surface area contributed by atoms with Crippen molar-refractivity contribution in [3.63, 3.8) is 0 Å². The Morgan fingerprint density at radius 2 is 1.81 bits per heavy atom. The number of rotatable bonds is 4. The van der Waals surface area contributed by atoms with Crippen LogP contribution < -0.4 is 15.0 Å². The molecule has 0 aliphatic carbocycles. The topological polar surface area (TPSA) is 77.3 Å². The summed E-state index contributed by atoms with van der Waals surface area (Å²) < 4.78 is 12.8. The number of aryl methyl sites for hydroxylation is 1. The van der Waals surface area contributed by atoms with E-state index in [1.54, 1.807) is 7.11 Å². The molecule has 0 atom stereocenters. The lowest BCUT2D eigenvalue weighted by molar-refractivity contribution is 0.122. The normalized spacial score (nSPS) is 17.5. The van der Waals surface area contributed by atoms with E-state index in [1.807, 2.05) is 16.9 Å². The molecule has 9 heteroatoms. The molecule has 0 unspecified atom stereocenters. The lowest BCUT2D eigenvalue weighted by Gasteiger charge is -2.28. The molecule has 0 spiro atoms. The average Bonchev–Trinajstić information content (AvgIpc) is 3.22. The molecule has 2 aliphatic rings. The van der Waals surface area contributed by atoms with E-state index in [-0.39, 0.29) is 12.4 Å². The van der Waals surface area contributed by atoms with E-state index < -0.39 is 0 Å². The highest BCUT2D eigenvalue weighted by Gasteiger charge is 2.20. The van der Waals surface area contributed by atoms with Gasteiger partial charge >= 0.3 is 6.01 Å². The number of hydrogen-bond acceptors (Lipinski definition) is 7. The molecule has 3 aromatic rings. The molecular weight excluding hydrogens is 416 g/mol. The Balaban J connectivity index is 0.00000231. The van der Waals surface area contributed by atoms with Crippen LogP contribution in [0.1, 0.15) is 29.9 Å². The number of methoxy groups -OCH3 is 1. The largest absolute Gasteiger partial charge is 0.467 e. The van der Waals surface area contributed by atoms with Gasteiger partial charge in [0.2, 0.25) is 0 Å². The number of aromatic nitrogens is 4. The van der Waals surface area contributed by atoms with Gasteiger partial charge in [0.1, 0.15) is 5.82 Å². The van der Waals surface area contributed by atoms with E-state index in [0.29, 0.717) is 25.1 Å². The Morgan fingerprint density at radius 3 is 2.55 bits per heavy atom. The number of ether oxygens (including phenoxy) is 2. The van der Waals surface area contributed by atoms with E-state index in [9.17, 15) is 0 Å². The average molecular weight is 445 g/mol. The molecule has 0 bridgehead atoms. The zero-order chi connectivity index (χ0) is 20.5. The lowest BCUT2D eigenvalue weighted by atomic mass is 9.87. The molecule has 4 heterocycles. The summed E-state index contributed by atoms with van der Waals surface area (Å²) in [6, 6.07) is 6.89. The number of nitrogens with zero attached hydrogens (tertiary/aromatic N) is 5. The highest BCUT2D eigenvalue weighted by Crippen LogP contribution is 2.32. The van der Waals surface area contributed by atoms with E-state index >= 15 is 0 Å². The van der Waals surface area contributed by atoms with Crippen molar-refractivity contribution in [1.29, 1.82) is 0 Å². The molecule has 2 saturated heterocycles. The second-order valence-corrected chi connectivity index (χ2v) is 8.02. The Morgan fingerprint density at radius 1 is 1.06 bits per heavy atom. The first-order chi connectivity index (χ1) is 14.7. The number of anilines is 1. The molecule has 166 valence electrons. The molecule has 2 fully saturated rings. The summed E-state index contributed by atoms with van der Waals surface area (Å²) in [7, 11) is 1.60.